The van der Waals surface area contributed by atoms with Gasteiger partial charge in [0.05, 0.1) is 23.6 Å². The molecule has 20 heavy (non-hydrogen) atoms. The van der Waals surface area contributed by atoms with Crippen molar-refractivity contribution in [2.45, 2.75) is 44.6 Å². The highest BCUT2D eigenvalue weighted by Gasteiger charge is 2.24. The molecule has 1 aliphatic carbocycles. The summed E-state index contributed by atoms with van der Waals surface area (Å²) in [6, 6.07) is 10.1. The summed E-state index contributed by atoms with van der Waals surface area (Å²) in [4.78, 5) is 0. The summed E-state index contributed by atoms with van der Waals surface area (Å²) >= 11 is 0. The minimum atomic E-state index is 0.0308. The highest BCUT2D eigenvalue weighted by atomic mass is 15.4. The highest BCUT2D eigenvalue weighted by Crippen LogP contribution is 2.32. The number of hydrogen-bond acceptors (Lipinski definition) is 3. The van der Waals surface area contributed by atoms with Crippen LogP contribution in [-0.4, -0.2) is 15.0 Å². The first-order valence-corrected chi connectivity index (χ1v) is 7.58. The first kappa shape index (κ1) is 13.3. The fraction of sp³-hybridized carbons (Fsp3) is 0.500. The molecule has 1 saturated carbocycles. The molecule has 0 amide bonds. The van der Waals surface area contributed by atoms with Crippen LogP contribution in [0.5, 0.6) is 0 Å². The lowest BCUT2D eigenvalue weighted by molar-refractivity contribution is 0.372. The van der Waals surface area contributed by atoms with Gasteiger partial charge in [-0.05, 0) is 30.9 Å². The number of nitrogens with two attached hydrogens (primary N) is 1. The Labute approximate surface area is 120 Å². The Morgan fingerprint density at radius 1 is 1.05 bits per heavy atom. The topological polar surface area (TPSA) is 56.7 Å². The molecule has 0 aliphatic heterocycles. The largest absolute Gasteiger partial charge is 0.322 e. The van der Waals surface area contributed by atoms with Gasteiger partial charge in [0, 0.05) is 0 Å². The van der Waals surface area contributed by atoms with Crippen LogP contribution in [0.25, 0.3) is 5.69 Å². The van der Waals surface area contributed by atoms with Crippen LogP contribution in [-0.2, 0) is 0 Å². The Morgan fingerprint density at radius 2 is 1.75 bits per heavy atom. The third-order valence-electron chi connectivity index (χ3n) is 4.33. The number of hydrogen-bond donors (Lipinski definition) is 1. The van der Waals surface area contributed by atoms with Crippen LogP contribution in [0, 0.1) is 5.92 Å². The molecule has 0 spiro atoms. The monoisotopic (exact) mass is 270 g/mol. The average Bonchev–Trinajstić information content (AvgIpc) is 2.82. The standard InChI is InChI=1S/C16H22N4/c17-16(13-8-4-1-2-5-9-13)15-12-18-19-20(15)14-10-6-3-7-11-14/h3,6-7,10-13,16H,1-2,4-5,8-9,17H2. The molecular weight excluding hydrogens is 248 g/mol. The summed E-state index contributed by atoms with van der Waals surface area (Å²) in [6.07, 6.45) is 9.56. The van der Waals surface area contributed by atoms with Crippen molar-refractivity contribution >= 4 is 0 Å². The van der Waals surface area contributed by atoms with Gasteiger partial charge in [0.2, 0.25) is 0 Å². The zero-order valence-corrected chi connectivity index (χ0v) is 11.8. The SMILES string of the molecule is NC(c1cnnn1-c1ccccc1)C1CCCCCC1. The van der Waals surface area contributed by atoms with Crippen molar-refractivity contribution in [1.82, 2.24) is 15.0 Å². The van der Waals surface area contributed by atoms with Gasteiger partial charge in [-0.25, -0.2) is 4.68 Å². The van der Waals surface area contributed by atoms with Crippen LogP contribution in [0.15, 0.2) is 36.5 Å². The van der Waals surface area contributed by atoms with Crippen LogP contribution < -0.4 is 5.73 Å². The highest BCUT2D eigenvalue weighted by molar-refractivity contribution is 5.32. The Kier molecular flexibility index (Phi) is 4.11. The van der Waals surface area contributed by atoms with E-state index in [9.17, 15) is 0 Å². The van der Waals surface area contributed by atoms with E-state index in [0.29, 0.717) is 5.92 Å². The predicted molar refractivity (Wildman–Crippen MR) is 79.5 cm³/mol. The summed E-state index contributed by atoms with van der Waals surface area (Å²) in [5.74, 6) is 0.554. The second-order valence-electron chi connectivity index (χ2n) is 5.68. The molecule has 1 fully saturated rings. The predicted octanol–water partition coefficient (Wildman–Crippen LogP) is 3.24. The molecule has 0 bridgehead atoms. The Hall–Kier alpha value is -1.68. The molecule has 3 rings (SSSR count). The first-order chi connectivity index (χ1) is 9.86. The molecule has 1 unspecified atom stereocenters. The molecule has 1 atom stereocenters. The average molecular weight is 270 g/mol. The third-order valence-corrected chi connectivity index (χ3v) is 4.33. The minimum Gasteiger partial charge on any atom is -0.322 e. The lowest BCUT2D eigenvalue weighted by atomic mass is 9.90. The van der Waals surface area contributed by atoms with Crippen molar-refractivity contribution < 1.29 is 0 Å². The normalized spacial score (nSPS) is 18.6. The van der Waals surface area contributed by atoms with E-state index >= 15 is 0 Å². The van der Waals surface area contributed by atoms with E-state index in [4.69, 9.17) is 5.73 Å². The number of aromatic nitrogens is 3. The quantitative estimate of drug-likeness (QED) is 0.871. The van der Waals surface area contributed by atoms with Gasteiger partial charge in [0.15, 0.2) is 0 Å². The van der Waals surface area contributed by atoms with Gasteiger partial charge >= 0.3 is 0 Å². The number of para-hydroxylation sites is 1. The van der Waals surface area contributed by atoms with Gasteiger partial charge in [-0.1, -0.05) is 49.1 Å². The fourth-order valence-electron chi connectivity index (χ4n) is 3.15. The molecule has 1 heterocycles. The lowest BCUT2D eigenvalue weighted by Gasteiger charge is -2.22. The van der Waals surface area contributed by atoms with Gasteiger partial charge in [-0.2, -0.15) is 0 Å². The molecule has 4 nitrogen and oxygen atoms in total. The maximum atomic E-state index is 6.52. The van der Waals surface area contributed by atoms with Gasteiger partial charge in [0.1, 0.15) is 0 Å². The molecular formula is C16H22N4. The Morgan fingerprint density at radius 3 is 2.45 bits per heavy atom. The van der Waals surface area contributed by atoms with E-state index < -0.39 is 0 Å². The van der Waals surface area contributed by atoms with Crippen LogP contribution in [0.1, 0.15) is 50.3 Å². The van der Waals surface area contributed by atoms with Crippen LogP contribution in [0.4, 0.5) is 0 Å². The second kappa shape index (κ2) is 6.18. The van der Waals surface area contributed by atoms with Crippen molar-refractivity contribution in [3.05, 3.63) is 42.2 Å². The van der Waals surface area contributed by atoms with Gasteiger partial charge in [0.25, 0.3) is 0 Å². The van der Waals surface area contributed by atoms with Crippen molar-refractivity contribution in [1.29, 1.82) is 0 Å². The fourth-order valence-corrected chi connectivity index (χ4v) is 3.15. The van der Waals surface area contributed by atoms with Crippen LogP contribution >= 0.6 is 0 Å². The minimum absolute atomic E-state index is 0.0308. The lowest BCUT2D eigenvalue weighted by Crippen LogP contribution is -2.24. The van der Waals surface area contributed by atoms with Gasteiger partial charge in [-0.3, -0.25) is 0 Å². The molecule has 1 aromatic carbocycles. The van der Waals surface area contributed by atoms with E-state index in [0.717, 1.165) is 11.4 Å². The number of nitrogens with zero attached hydrogens (tertiary/aromatic N) is 3. The number of rotatable bonds is 3. The Bertz CT molecular complexity index is 526. The van der Waals surface area contributed by atoms with E-state index in [1.54, 1.807) is 0 Å². The maximum absolute atomic E-state index is 6.52. The summed E-state index contributed by atoms with van der Waals surface area (Å²) in [5.41, 5.74) is 8.58. The van der Waals surface area contributed by atoms with Crippen molar-refractivity contribution in [3.63, 3.8) is 0 Å². The van der Waals surface area contributed by atoms with Crippen molar-refractivity contribution in [2.24, 2.45) is 11.7 Å². The maximum Gasteiger partial charge on any atom is 0.0815 e. The van der Waals surface area contributed by atoms with E-state index in [1.165, 1.54) is 38.5 Å². The van der Waals surface area contributed by atoms with Crippen LogP contribution in [0.2, 0.25) is 0 Å². The third kappa shape index (κ3) is 2.75. The molecule has 4 heteroatoms. The van der Waals surface area contributed by atoms with Gasteiger partial charge < -0.3 is 5.73 Å². The summed E-state index contributed by atoms with van der Waals surface area (Å²) in [7, 11) is 0. The molecule has 106 valence electrons. The molecule has 0 saturated heterocycles. The molecule has 2 N–H and O–H groups in total. The second-order valence-corrected chi connectivity index (χ2v) is 5.68. The summed E-state index contributed by atoms with van der Waals surface area (Å²) < 4.78 is 1.88. The Balaban J connectivity index is 1.85. The molecule has 0 radical (unpaired) electrons. The van der Waals surface area contributed by atoms with E-state index in [-0.39, 0.29) is 6.04 Å². The molecule has 1 aromatic heterocycles. The van der Waals surface area contributed by atoms with Crippen molar-refractivity contribution in [3.8, 4) is 5.69 Å². The van der Waals surface area contributed by atoms with Crippen molar-refractivity contribution in [2.75, 3.05) is 0 Å². The van der Waals surface area contributed by atoms with E-state index in [1.807, 2.05) is 41.2 Å². The van der Waals surface area contributed by atoms with E-state index in [2.05, 4.69) is 10.3 Å². The smallest absolute Gasteiger partial charge is 0.0815 e. The van der Waals surface area contributed by atoms with Crippen LogP contribution in [0.3, 0.4) is 0 Å². The first-order valence-electron chi connectivity index (χ1n) is 7.58. The number of benzene rings is 1. The molecule has 1 aliphatic rings. The summed E-state index contributed by atoms with van der Waals surface area (Å²) in [6.45, 7) is 0. The zero-order valence-electron chi connectivity index (χ0n) is 11.8. The van der Waals surface area contributed by atoms with Gasteiger partial charge in [-0.15, -0.1) is 5.10 Å². The zero-order chi connectivity index (χ0) is 13.8. The molecule has 2 aromatic rings. The summed E-state index contributed by atoms with van der Waals surface area (Å²) in [5, 5.41) is 8.28.